The zero-order chi connectivity index (χ0) is 11.8. The van der Waals surface area contributed by atoms with Crippen molar-refractivity contribution in [3.8, 4) is 0 Å². The summed E-state index contributed by atoms with van der Waals surface area (Å²) in [7, 11) is 0. The first-order chi connectivity index (χ1) is 7.74. The number of carbonyl (C=O) groups excluding carboxylic acids is 1. The summed E-state index contributed by atoms with van der Waals surface area (Å²) < 4.78 is 5.21. The number of hydrogen-bond donors (Lipinski definition) is 1. The highest BCUT2D eigenvalue weighted by atomic mass is 16.5. The van der Waals surface area contributed by atoms with Gasteiger partial charge in [-0.25, -0.2) is 0 Å². The molecule has 1 rings (SSSR count). The molecule has 88 valence electrons. The SMILES string of the molecule is CC(CCCN)C(=O)OCc1ccccc1. The lowest BCUT2D eigenvalue weighted by molar-refractivity contribution is -0.149. The van der Waals surface area contributed by atoms with Gasteiger partial charge in [-0.3, -0.25) is 4.79 Å². The van der Waals surface area contributed by atoms with Gasteiger partial charge in [0.25, 0.3) is 0 Å². The molecular weight excluding hydrogens is 202 g/mol. The summed E-state index contributed by atoms with van der Waals surface area (Å²) in [6, 6.07) is 9.69. The molecule has 3 nitrogen and oxygen atoms in total. The van der Waals surface area contributed by atoms with Gasteiger partial charge in [0.1, 0.15) is 6.61 Å². The molecule has 0 aliphatic carbocycles. The summed E-state index contributed by atoms with van der Waals surface area (Å²) in [5.41, 5.74) is 6.41. The Bertz CT molecular complexity index is 311. The minimum absolute atomic E-state index is 0.0627. The Morgan fingerprint density at radius 1 is 1.38 bits per heavy atom. The van der Waals surface area contributed by atoms with Crippen LogP contribution in [0, 0.1) is 5.92 Å². The van der Waals surface area contributed by atoms with E-state index in [1.54, 1.807) is 0 Å². The Balaban J connectivity index is 2.29. The van der Waals surface area contributed by atoms with Crippen LogP contribution >= 0.6 is 0 Å². The van der Waals surface area contributed by atoms with Crippen LogP contribution in [0.15, 0.2) is 30.3 Å². The van der Waals surface area contributed by atoms with Crippen molar-refractivity contribution in [3.63, 3.8) is 0 Å². The minimum atomic E-state index is -0.141. The fourth-order valence-corrected chi connectivity index (χ4v) is 1.41. The second-order valence-electron chi connectivity index (χ2n) is 3.93. The molecule has 0 fully saturated rings. The molecule has 0 amide bonds. The van der Waals surface area contributed by atoms with Crippen LogP contribution in [-0.2, 0) is 16.1 Å². The van der Waals surface area contributed by atoms with Crippen molar-refractivity contribution in [2.45, 2.75) is 26.4 Å². The highest BCUT2D eigenvalue weighted by Gasteiger charge is 2.13. The third kappa shape index (κ3) is 4.45. The molecule has 3 heteroatoms. The average molecular weight is 221 g/mol. The Morgan fingerprint density at radius 3 is 2.69 bits per heavy atom. The van der Waals surface area contributed by atoms with E-state index < -0.39 is 0 Å². The van der Waals surface area contributed by atoms with Crippen molar-refractivity contribution in [2.24, 2.45) is 11.7 Å². The summed E-state index contributed by atoms with van der Waals surface area (Å²) >= 11 is 0. The lowest BCUT2D eigenvalue weighted by atomic mass is 10.1. The highest BCUT2D eigenvalue weighted by molar-refractivity contribution is 5.71. The van der Waals surface area contributed by atoms with Gasteiger partial charge in [0.05, 0.1) is 5.92 Å². The zero-order valence-corrected chi connectivity index (χ0v) is 9.69. The van der Waals surface area contributed by atoms with Crippen LogP contribution in [0.1, 0.15) is 25.3 Å². The monoisotopic (exact) mass is 221 g/mol. The predicted molar refractivity (Wildman–Crippen MR) is 63.7 cm³/mol. The van der Waals surface area contributed by atoms with Crippen LogP contribution in [0.2, 0.25) is 0 Å². The molecule has 2 N–H and O–H groups in total. The molecule has 0 aromatic heterocycles. The van der Waals surface area contributed by atoms with Gasteiger partial charge in [0.15, 0.2) is 0 Å². The van der Waals surface area contributed by atoms with Crippen LogP contribution in [0.25, 0.3) is 0 Å². The predicted octanol–water partition coefficient (Wildman–Crippen LogP) is 2.10. The number of carbonyl (C=O) groups is 1. The van der Waals surface area contributed by atoms with Gasteiger partial charge in [0, 0.05) is 0 Å². The molecule has 0 aliphatic rings. The fraction of sp³-hybridized carbons (Fsp3) is 0.462. The Kier molecular flexibility index (Phi) is 5.57. The molecule has 0 aliphatic heterocycles. The standard InChI is InChI=1S/C13H19NO2/c1-11(6-5-9-14)13(15)16-10-12-7-3-2-4-8-12/h2-4,7-8,11H,5-6,9-10,14H2,1H3. The van der Waals surface area contributed by atoms with Crippen molar-refractivity contribution in [1.82, 2.24) is 0 Å². The maximum Gasteiger partial charge on any atom is 0.308 e. The van der Waals surface area contributed by atoms with E-state index in [4.69, 9.17) is 10.5 Å². The quantitative estimate of drug-likeness (QED) is 0.748. The molecule has 1 atom stereocenters. The van der Waals surface area contributed by atoms with Crippen molar-refractivity contribution >= 4 is 5.97 Å². The first-order valence-corrected chi connectivity index (χ1v) is 5.64. The summed E-state index contributed by atoms with van der Waals surface area (Å²) in [5.74, 6) is -0.204. The number of esters is 1. The van der Waals surface area contributed by atoms with Gasteiger partial charge >= 0.3 is 5.97 Å². The Morgan fingerprint density at radius 2 is 2.06 bits per heavy atom. The number of rotatable bonds is 6. The van der Waals surface area contributed by atoms with Crippen molar-refractivity contribution in [3.05, 3.63) is 35.9 Å². The number of ether oxygens (including phenoxy) is 1. The van der Waals surface area contributed by atoms with Crippen LogP contribution in [0.5, 0.6) is 0 Å². The molecule has 0 bridgehead atoms. The molecule has 16 heavy (non-hydrogen) atoms. The van der Waals surface area contributed by atoms with Crippen molar-refractivity contribution in [1.29, 1.82) is 0 Å². The van der Waals surface area contributed by atoms with Gasteiger partial charge in [-0.1, -0.05) is 37.3 Å². The van der Waals surface area contributed by atoms with Crippen LogP contribution in [0.3, 0.4) is 0 Å². The van der Waals surface area contributed by atoms with E-state index in [1.165, 1.54) is 0 Å². The molecule has 0 heterocycles. The Labute approximate surface area is 96.6 Å². The third-order valence-electron chi connectivity index (χ3n) is 2.47. The normalized spacial score (nSPS) is 12.1. The molecule has 0 saturated heterocycles. The second kappa shape index (κ2) is 7.01. The van der Waals surface area contributed by atoms with Gasteiger partial charge in [0.2, 0.25) is 0 Å². The van der Waals surface area contributed by atoms with E-state index in [2.05, 4.69) is 0 Å². The van der Waals surface area contributed by atoms with E-state index in [1.807, 2.05) is 37.3 Å². The zero-order valence-electron chi connectivity index (χ0n) is 9.69. The molecule has 0 spiro atoms. The van der Waals surface area contributed by atoms with Gasteiger partial charge < -0.3 is 10.5 Å². The number of nitrogens with two attached hydrogens (primary N) is 1. The van der Waals surface area contributed by atoms with Gasteiger partial charge in [-0.15, -0.1) is 0 Å². The molecule has 1 unspecified atom stereocenters. The summed E-state index contributed by atoms with van der Waals surface area (Å²) in [6.45, 7) is 2.85. The Hall–Kier alpha value is -1.35. The van der Waals surface area contributed by atoms with E-state index >= 15 is 0 Å². The van der Waals surface area contributed by atoms with Gasteiger partial charge in [-0.05, 0) is 24.9 Å². The van der Waals surface area contributed by atoms with E-state index in [9.17, 15) is 4.79 Å². The molecule has 0 saturated carbocycles. The molecular formula is C13H19NO2. The first kappa shape index (κ1) is 12.7. The van der Waals surface area contributed by atoms with Crippen molar-refractivity contribution < 1.29 is 9.53 Å². The minimum Gasteiger partial charge on any atom is -0.461 e. The topological polar surface area (TPSA) is 52.3 Å². The lowest BCUT2D eigenvalue weighted by Gasteiger charge is -2.10. The summed E-state index contributed by atoms with van der Waals surface area (Å²) in [4.78, 5) is 11.6. The number of hydrogen-bond acceptors (Lipinski definition) is 3. The van der Waals surface area contributed by atoms with Gasteiger partial charge in [-0.2, -0.15) is 0 Å². The summed E-state index contributed by atoms with van der Waals surface area (Å²) in [6.07, 6.45) is 1.66. The maximum absolute atomic E-state index is 11.6. The molecule has 0 radical (unpaired) electrons. The molecule has 1 aromatic carbocycles. The van der Waals surface area contributed by atoms with Crippen LogP contribution in [-0.4, -0.2) is 12.5 Å². The maximum atomic E-state index is 11.6. The van der Waals surface area contributed by atoms with E-state index in [0.29, 0.717) is 13.2 Å². The van der Waals surface area contributed by atoms with Crippen LogP contribution < -0.4 is 5.73 Å². The first-order valence-electron chi connectivity index (χ1n) is 5.64. The smallest absolute Gasteiger partial charge is 0.308 e. The molecule has 1 aromatic rings. The summed E-state index contributed by atoms with van der Waals surface area (Å²) in [5, 5.41) is 0. The fourth-order valence-electron chi connectivity index (χ4n) is 1.41. The average Bonchev–Trinajstić information content (AvgIpc) is 2.34. The highest BCUT2D eigenvalue weighted by Crippen LogP contribution is 2.09. The lowest BCUT2D eigenvalue weighted by Crippen LogP contribution is -2.16. The van der Waals surface area contributed by atoms with Crippen molar-refractivity contribution in [2.75, 3.05) is 6.54 Å². The van der Waals surface area contributed by atoms with E-state index in [0.717, 1.165) is 18.4 Å². The van der Waals surface area contributed by atoms with E-state index in [-0.39, 0.29) is 11.9 Å². The van der Waals surface area contributed by atoms with Crippen LogP contribution in [0.4, 0.5) is 0 Å². The largest absolute Gasteiger partial charge is 0.461 e. The third-order valence-corrected chi connectivity index (χ3v) is 2.47. The second-order valence-corrected chi connectivity index (χ2v) is 3.93. The number of benzene rings is 1.